The number of benzene rings is 1. The van der Waals surface area contributed by atoms with Gasteiger partial charge in [0.15, 0.2) is 0 Å². The number of anilines is 2. The van der Waals surface area contributed by atoms with Crippen LogP contribution in [0, 0.1) is 6.92 Å². The molecule has 0 bridgehead atoms. The predicted molar refractivity (Wildman–Crippen MR) is 113 cm³/mol. The second-order valence-corrected chi connectivity index (χ2v) is 8.19. The standard InChI is InChI=1S/C20H22ClN7O2/c1-12(16-9-27(11-22-16)15-7-5-14(21)6-8-15)23-17-24-13(2)25-18(26-17)28-19(29)30-10-20(28,3)4/h5-9,11-12H,10H2,1-4H3,(H,23,24,25,26)/t12-/m0/s1. The summed E-state index contributed by atoms with van der Waals surface area (Å²) in [7, 11) is 0. The van der Waals surface area contributed by atoms with Crippen LogP contribution in [0.25, 0.3) is 5.69 Å². The first-order valence-corrected chi connectivity index (χ1v) is 9.87. The molecule has 1 aromatic carbocycles. The van der Waals surface area contributed by atoms with E-state index in [1.165, 1.54) is 4.90 Å². The summed E-state index contributed by atoms with van der Waals surface area (Å²) >= 11 is 5.96. The molecule has 1 saturated heterocycles. The van der Waals surface area contributed by atoms with Crippen LogP contribution in [0.5, 0.6) is 0 Å². The minimum absolute atomic E-state index is 0.174. The van der Waals surface area contributed by atoms with Crippen molar-refractivity contribution in [3.63, 3.8) is 0 Å². The van der Waals surface area contributed by atoms with Gasteiger partial charge in [0.1, 0.15) is 12.4 Å². The van der Waals surface area contributed by atoms with Crippen LogP contribution < -0.4 is 10.2 Å². The van der Waals surface area contributed by atoms with Gasteiger partial charge in [0.2, 0.25) is 11.9 Å². The molecule has 0 aliphatic carbocycles. The van der Waals surface area contributed by atoms with Gasteiger partial charge >= 0.3 is 6.09 Å². The molecular formula is C20H22ClN7O2. The van der Waals surface area contributed by atoms with Crippen LogP contribution in [0.2, 0.25) is 5.02 Å². The summed E-state index contributed by atoms with van der Waals surface area (Å²) in [5.74, 6) is 1.12. The third kappa shape index (κ3) is 3.93. The van der Waals surface area contributed by atoms with E-state index in [2.05, 4.69) is 25.3 Å². The minimum atomic E-state index is -0.537. The summed E-state index contributed by atoms with van der Waals surface area (Å²) in [5, 5.41) is 3.92. The molecule has 2 aromatic heterocycles. The van der Waals surface area contributed by atoms with Gasteiger partial charge in [0, 0.05) is 16.9 Å². The van der Waals surface area contributed by atoms with Crippen molar-refractivity contribution in [3.8, 4) is 5.69 Å². The third-order valence-electron chi connectivity index (χ3n) is 4.79. The maximum Gasteiger partial charge on any atom is 0.417 e. The Morgan fingerprint density at radius 1 is 1.20 bits per heavy atom. The quantitative estimate of drug-likeness (QED) is 0.658. The van der Waals surface area contributed by atoms with Crippen LogP contribution in [0.15, 0.2) is 36.8 Å². The Labute approximate surface area is 179 Å². The fourth-order valence-corrected chi connectivity index (χ4v) is 3.31. The number of nitrogens with zero attached hydrogens (tertiary/aromatic N) is 6. The molecule has 0 unspecified atom stereocenters. The highest BCUT2D eigenvalue weighted by Gasteiger charge is 2.43. The van der Waals surface area contributed by atoms with E-state index in [9.17, 15) is 4.79 Å². The number of halogens is 1. The Hall–Kier alpha value is -3.20. The number of hydrogen-bond donors (Lipinski definition) is 1. The zero-order chi connectivity index (χ0) is 21.5. The van der Waals surface area contributed by atoms with E-state index < -0.39 is 11.6 Å². The van der Waals surface area contributed by atoms with Crippen LogP contribution in [0.1, 0.15) is 38.3 Å². The van der Waals surface area contributed by atoms with Crippen LogP contribution in [0.4, 0.5) is 16.7 Å². The van der Waals surface area contributed by atoms with Crippen LogP contribution >= 0.6 is 11.6 Å². The Morgan fingerprint density at radius 3 is 2.60 bits per heavy atom. The van der Waals surface area contributed by atoms with Crippen molar-refractivity contribution >= 4 is 29.6 Å². The van der Waals surface area contributed by atoms with Crippen molar-refractivity contribution in [1.82, 2.24) is 24.5 Å². The smallest absolute Gasteiger partial charge is 0.417 e. The highest BCUT2D eigenvalue weighted by Crippen LogP contribution is 2.28. The molecule has 10 heteroatoms. The molecule has 1 aliphatic heterocycles. The summed E-state index contributed by atoms with van der Waals surface area (Å²) < 4.78 is 7.08. The molecule has 0 spiro atoms. The SMILES string of the molecule is Cc1nc(N[C@@H](C)c2cn(-c3ccc(Cl)cc3)cn2)nc(N2C(=O)OCC2(C)C)n1. The monoisotopic (exact) mass is 427 g/mol. The molecule has 9 nitrogen and oxygen atoms in total. The van der Waals surface area contributed by atoms with Crippen molar-refractivity contribution in [2.45, 2.75) is 39.3 Å². The number of cyclic esters (lactones) is 1. The second kappa shape index (κ2) is 7.56. The Morgan fingerprint density at radius 2 is 1.93 bits per heavy atom. The largest absolute Gasteiger partial charge is 0.447 e. The fraction of sp³-hybridized carbons (Fsp3) is 0.350. The summed E-state index contributed by atoms with van der Waals surface area (Å²) in [5.41, 5.74) is 1.23. The van der Waals surface area contributed by atoms with Crippen molar-refractivity contribution in [2.75, 3.05) is 16.8 Å². The first kappa shape index (κ1) is 20.1. The molecule has 0 radical (unpaired) electrons. The van der Waals surface area contributed by atoms with Gasteiger partial charge in [0.25, 0.3) is 0 Å². The number of imidazole rings is 1. The molecule has 4 rings (SSSR count). The van der Waals surface area contributed by atoms with E-state index in [4.69, 9.17) is 16.3 Å². The first-order valence-electron chi connectivity index (χ1n) is 9.49. The number of aryl methyl sites for hydroxylation is 1. The summed E-state index contributed by atoms with van der Waals surface area (Å²) in [4.78, 5) is 31.2. The van der Waals surface area contributed by atoms with Crippen LogP contribution in [0.3, 0.4) is 0 Å². The lowest BCUT2D eigenvalue weighted by molar-refractivity contribution is 0.175. The van der Waals surface area contributed by atoms with E-state index in [-0.39, 0.29) is 18.6 Å². The zero-order valence-corrected chi connectivity index (χ0v) is 17.9. The van der Waals surface area contributed by atoms with Gasteiger partial charge in [-0.1, -0.05) is 11.6 Å². The fourth-order valence-electron chi connectivity index (χ4n) is 3.18. The number of aromatic nitrogens is 5. The second-order valence-electron chi connectivity index (χ2n) is 7.76. The highest BCUT2D eigenvalue weighted by atomic mass is 35.5. The van der Waals surface area contributed by atoms with Gasteiger partial charge in [-0.15, -0.1) is 0 Å². The predicted octanol–water partition coefficient (Wildman–Crippen LogP) is 3.93. The molecule has 1 fully saturated rings. The van der Waals surface area contributed by atoms with Crippen LogP contribution in [-0.2, 0) is 4.74 Å². The molecule has 1 N–H and O–H groups in total. The van der Waals surface area contributed by atoms with Crippen molar-refractivity contribution in [2.24, 2.45) is 0 Å². The Bertz CT molecular complexity index is 1080. The van der Waals surface area contributed by atoms with Gasteiger partial charge in [-0.05, 0) is 52.0 Å². The number of carbonyl (C=O) groups is 1. The average molecular weight is 428 g/mol. The van der Waals surface area contributed by atoms with Gasteiger partial charge < -0.3 is 14.6 Å². The van der Waals surface area contributed by atoms with Crippen LogP contribution in [-0.4, -0.2) is 42.7 Å². The van der Waals surface area contributed by atoms with Crippen molar-refractivity contribution < 1.29 is 9.53 Å². The minimum Gasteiger partial charge on any atom is -0.447 e. The molecule has 1 amide bonds. The lowest BCUT2D eigenvalue weighted by Crippen LogP contribution is -2.43. The number of rotatable bonds is 5. The van der Waals surface area contributed by atoms with Crippen molar-refractivity contribution in [3.05, 3.63) is 53.3 Å². The molecule has 30 heavy (non-hydrogen) atoms. The number of nitrogens with one attached hydrogen (secondary N) is 1. The normalized spacial score (nSPS) is 16.4. The van der Waals surface area contributed by atoms with E-state index in [0.717, 1.165) is 11.4 Å². The number of amides is 1. The summed E-state index contributed by atoms with van der Waals surface area (Å²) in [6.45, 7) is 7.79. The Kier molecular flexibility index (Phi) is 5.07. The molecule has 1 aliphatic rings. The lowest BCUT2D eigenvalue weighted by atomic mass is 10.1. The van der Waals surface area contributed by atoms with E-state index in [1.54, 1.807) is 13.3 Å². The highest BCUT2D eigenvalue weighted by molar-refractivity contribution is 6.30. The van der Waals surface area contributed by atoms with Gasteiger partial charge in [-0.2, -0.15) is 15.0 Å². The molecule has 3 heterocycles. The van der Waals surface area contributed by atoms with E-state index in [0.29, 0.717) is 16.8 Å². The van der Waals surface area contributed by atoms with Gasteiger partial charge in [-0.25, -0.2) is 14.7 Å². The third-order valence-corrected chi connectivity index (χ3v) is 5.04. The maximum absolute atomic E-state index is 12.2. The molecular weight excluding hydrogens is 406 g/mol. The molecule has 156 valence electrons. The van der Waals surface area contributed by atoms with Crippen molar-refractivity contribution in [1.29, 1.82) is 0 Å². The summed E-state index contributed by atoms with van der Waals surface area (Å²) in [6.07, 6.45) is 3.20. The van der Waals surface area contributed by atoms with E-state index >= 15 is 0 Å². The molecule has 1 atom stereocenters. The van der Waals surface area contributed by atoms with E-state index in [1.807, 2.05) is 55.8 Å². The topological polar surface area (TPSA) is 98.1 Å². The zero-order valence-electron chi connectivity index (χ0n) is 17.1. The van der Waals surface area contributed by atoms with Gasteiger partial charge in [-0.3, -0.25) is 0 Å². The number of ether oxygens (including phenoxy) is 1. The number of carbonyl (C=O) groups excluding carboxylic acids is 1. The first-order chi connectivity index (χ1) is 14.2. The van der Waals surface area contributed by atoms with Gasteiger partial charge in [0.05, 0.1) is 23.6 Å². The lowest BCUT2D eigenvalue weighted by Gasteiger charge is -2.26. The molecule has 0 saturated carbocycles. The molecule has 3 aromatic rings. The number of hydrogen-bond acceptors (Lipinski definition) is 7. The summed E-state index contributed by atoms with van der Waals surface area (Å²) in [6, 6.07) is 7.33. The average Bonchev–Trinajstić information content (AvgIpc) is 3.26. The maximum atomic E-state index is 12.2. The Balaban J connectivity index is 1.55.